The van der Waals surface area contributed by atoms with E-state index in [1.807, 2.05) is 28.8 Å². The minimum absolute atomic E-state index is 0.0931. The van der Waals surface area contributed by atoms with Gasteiger partial charge in [-0.3, -0.25) is 0 Å². The second kappa shape index (κ2) is 6.39. The van der Waals surface area contributed by atoms with Gasteiger partial charge in [-0.05, 0) is 30.9 Å². The van der Waals surface area contributed by atoms with E-state index in [9.17, 15) is 9.50 Å². The number of nitrogens with zero attached hydrogens (tertiary/aromatic N) is 4. The molecule has 0 spiro atoms. The number of halogens is 1. The number of anilines is 1. The average molecular weight is 314 g/mol. The maximum absolute atomic E-state index is 13.7. The molecular weight excluding hydrogens is 295 g/mol. The van der Waals surface area contributed by atoms with Crippen molar-refractivity contribution in [3.8, 4) is 6.07 Å². The van der Waals surface area contributed by atoms with E-state index in [4.69, 9.17) is 5.26 Å². The molecule has 0 bridgehead atoms. The van der Waals surface area contributed by atoms with Crippen molar-refractivity contribution in [1.82, 2.24) is 9.55 Å². The largest absolute Gasteiger partial charge is 0.385 e. The molecule has 1 aliphatic rings. The molecule has 1 fully saturated rings. The van der Waals surface area contributed by atoms with Crippen LogP contribution in [-0.4, -0.2) is 27.7 Å². The highest BCUT2D eigenvalue weighted by atomic mass is 19.1. The van der Waals surface area contributed by atoms with Crippen LogP contribution >= 0.6 is 0 Å². The highest BCUT2D eigenvalue weighted by Gasteiger charge is 2.29. The van der Waals surface area contributed by atoms with Crippen LogP contribution in [0.2, 0.25) is 0 Å². The van der Waals surface area contributed by atoms with Crippen molar-refractivity contribution in [1.29, 1.82) is 5.26 Å². The number of hydrogen-bond acceptors (Lipinski definition) is 4. The van der Waals surface area contributed by atoms with Crippen molar-refractivity contribution in [3.63, 3.8) is 0 Å². The summed E-state index contributed by atoms with van der Waals surface area (Å²) in [7, 11) is 1.87. The van der Waals surface area contributed by atoms with Crippen LogP contribution in [0.25, 0.3) is 0 Å². The Hall–Kier alpha value is -2.39. The predicted molar refractivity (Wildman–Crippen MR) is 84.2 cm³/mol. The fraction of sp³-hybridized carbons (Fsp3) is 0.412. The smallest absolute Gasteiger partial charge is 0.143 e. The summed E-state index contributed by atoms with van der Waals surface area (Å²) in [5.74, 6) is 0.304. The Morgan fingerprint density at radius 3 is 2.74 bits per heavy atom. The molecule has 1 aromatic carbocycles. The first-order valence-electron chi connectivity index (χ1n) is 7.70. The van der Waals surface area contributed by atoms with E-state index in [-0.39, 0.29) is 11.5 Å². The second-order valence-electron chi connectivity index (χ2n) is 5.91. The van der Waals surface area contributed by atoms with Crippen molar-refractivity contribution in [2.24, 2.45) is 13.0 Å². The molecule has 1 aliphatic heterocycles. The van der Waals surface area contributed by atoms with Gasteiger partial charge in [0.1, 0.15) is 29.4 Å². The molecule has 1 aromatic heterocycles. The number of piperidine rings is 1. The van der Waals surface area contributed by atoms with E-state index in [1.54, 1.807) is 18.3 Å². The quantitative estimate of drug-likeness (QED) is 0.944. The summed E-state index contributed by atoms with van der Waals surface area (Å²) in [6, 6.07) is 6.65. The number of rotatable bonds is 3. The number of hydrogen-bond donors (Lipinski definition) is 1. The molecule has 1 unspecified atom stereocenters. The number of benzene rings is 1. The molecule has 23 heavy (non-hydrogen) atoms. The van der Waals surface area contributed by atoms with Crippen LogP contribution in [0.4, 0.5) is 10.1 Å². The summed E-state index contributed by atoms with van der Waals surface area (Å²) in [6.07, 6.45) is 4.45. The Balaban J connectivity index is 1.71. The molecule has 1 N–H and O–H groups in total. The van der Waals surface area contributed by atoms with Crippen LogP contribution < -0.4 is 4.90 Å². The molecular formula is C17H19FN4O. The number of aliphatic hydroxyl groups is 1. The Morgan fingerprint density at radius 2 is 2.13 bits per heavy atom. The molecule has 5 nitrogen and oxygen atoms in total. The number of nitriles is 1. The number of aryl methyl sites for hydroxylation is 1. The Morgan fingerprint density at radius 1 is 1.39 bits per heavy atom. The van der Waals surface area contributed by atoms with Crippen LogP contribution in [0, 0.1) is 23.1 Å². The van der Waals surface area contributed by atoms with Gasteiger partial charge in [-0.25, -0.2) is 9.37 Å². The fourth-order valence-electron chi connectivity index (χ4n) is 3.22. The maximum Gasteiger partial charge on any atom is 0.143 e. The van der Waals surface area contributed by atoms with Crippen molar-refractivity contribution in [2.45, 2.75) is 18.9 Å². The molecule has 3 rings (SSSR count). The van der Waals surface area contributed by atoms with Gasteiger partial charge in [0, 0.05) is 32.5 Å². The van der Waals surface area contributed by atoms with E-state index in [0.717, 1.165) is 12.8 Å². The Bertz CT molecular complexity index is 728. The summed E-state index contributed by atoms with van der Waals surface area (Å²) in [5.41, 5.74) is 0.730. The third-order valence-corrected chi connectivity index (χ3v) is 4.55. The van der Waals surface area contributed by atoms with Crippen molar-refractivity contribution >= 4 is 5.69 Å². The lowest BCUT2D eigenvalue weighted by molar-refractivity contribution is 0.0825. The molecule has 6 heteroatoms. The highest BCUT2D eigenvalue weighted by molar-refractivity contribution is 5.60. The maximum atomic E-state index is 13.7. The third kappa shape index (κ3) is 2.92. The first-order valence-corrected chi connectivity index (χ1v) is 7.70. The minimum Gasteiger partial charge on any atom is -0.385 e. The SMILES string of the molecule is Cn1ccnc1C(O)C1CCN(c2cccc(F)c2C#N)CC1. The molecule has 0 saturated carbocycles. The summed E-state index contributed by atoms with van der Waals surface area (Å²) in [5, 5.41) is 19.7. The lowest BCUT2D eigenvalue weighted by Gasteiger charge is -2.35. The van der Waals surface area contributed by atoms with Gasteiger partial charge in [0.15, 0.2) is 0 Å². The third-order valence-electron chi connectivity index (χ3n) is 4.55. The molecule has 0 amide bonds. The molecule has 1 atom stereocenters. The van der Waals surface area contributed by atoms with E-state index in [2.05, 4.69) is 4.98 Å². The molecule has 2 heterocycles. The molecule has 1 saturated heterocycles. The van der Waals surface area contributed by atoms with Gasteiger partial charge >= 0.3 is 0 Å². The van der Waals surface area contributed by atoms with Gasteiger partial charge in [0.25, 0.3) is 0 Å². The van der Waals surface area contributed by atoms with Crippen molar-refractivity contribution in [2.75, 3.05) is 18.0 Å². The van der Waals surface area contributed by atoms with Gasteiger partial charge in [0.05, 0.1) is 5.69 Å². The number of aliphatic hydroxyl groups excluding tert-OH is 1. The van der Waals surface area contributed by atoms with Gasteiger partial charge in [-0.2, -0.15) is 5.26 Å². The standard InChI is InChI=1S/C17H19FN4O/c1-21-10-7-20-17(21)16(23)12-5-8-22(9-6-12)15-4-2-3-14(18)13(15)11-19/h2-4,7,10,12,16,23H,5-6,8-9H2,1H3. The van der Waals surface area contributed by atoms with Crippen LogP contribution in [0.1, 0.15) is 30.3 Å². The number of imidazole rings is 1. The second-order valence-corrected chi connectivity index (χ2v) is 5.91. The monoisotopic (exact) mass is 314 g/mol. The summed E-state index contributed by atoms with van der Waals surface area (Å²) < 4.78 is 15.6. The molecule has 0 radical (unpaired) electrons. The Labute approximate surface area is 134 Å². The number of aromatic nitrogens is 2. The fourth-order valence-corrected chi connectivity index (χ4v) is 3.22. The topological polar surface area (TPSA) is 65.1 Å². The lowest BCUT2D eigenvalue weighted by Crippen LogP contribution is -2.36. The average Bonchev–Trinajstić information content (AvgIpc) is 3.00. The normalized spacial score (nSPS) is 17.0. The van der Waals surface area contributed by atoms with Crippen LogP contribution in [0.3, 0.4) is 0 Å². The van der Waals surface area contributed by atoms with Crippen molar-refractivity contribution in [3.05, 3.63) is 47.8 Å². The molecule has 2 aromatic rings. The van der Waals surface area contributed by atoms with Gasteiger partial charge in [-0.15, -0.1) is 0 Å². The Kier molecular flexibility index (Phi) is 4.30. The zero-order valence-corrected chi connectivity index (χ0v) is 13.0. The molecule has 120 valence electrons. The zero-order valence-electron chi connectivity index (χ0n) is 13.0. The van der Waals surface area contributed by atoms with Crippen LogP contribution in [0.5, 0.6) is 0 Å². The van der Waals surface area contributed by atoms with Crippen LogP contribution in [0.15, 0.2) is 30.6 Å². The summed E-state index contributed by atoms with van der Waals surface area (Å²) in [4.78, 5) is 6.23. The highest BCUT2D eigenvalue weighted by Crippen LogP contribution is 2.33. The predicted octanol–water partition coefficient (Wildman–Crippen LogP) is 2.38. The first-order chi connectivity index (χ1) is 11.1. The van der Waals surface area contributed by atoms with Crippen molar-refractivity contribution < 1.29 is 9.50 Å². The van der Waals surface area contributed by atoms with Gasteiger partial charge < -0.3 is 14.6 Å². The van der Waals surface area contributed by atoms with Gasteiger partial charge in [-0.1, -0.05) is 6.07 Å². The zero-order chi connectivity index (χ0) is 16.4. The van der Waals surface area contributed by atoms with E-state index in [1.165, 1.54) is 6.07 Å². The first kappa shape index (κ1) is 15.5. The summed E-state index contributed by atoms with van der Waals surface area (Å²) >= 11 is 0. The van der Waals surface area contributed by atoms with Gasteiger partial charge in [0.2, 0.25) is 0 Å². The van der Waals surface area contributed by atoms with E-state index in [0.29, 0.717) is 24.6 Å². The van der Waals surface area contributed by atoms with E-state index < -0.39 is 11.9 Å². The minimum atomic E-state index is -0.597. The molecule has 0 aliphatic carbocycles. The van der Waals surface area contributed by atoms with E-state index >= 15 is 0 Å². The summed E-state index contributed by atoms with van der Waals surface area (Å²) in [6.45, 7) is 1.37. The van der Waals surface area contributed by atoms with Crippen LogP contribution in [-0.2, 0) is 7.05 Å². The lowest BCUT2D eigenvalue weighted by atomic mass is 9.90.